The summed E-state index contributed by atoms with van der Waals surface area (Å²) in [7, 11) is 0. The minimum atomic E-state index is 0.130. The van der Waals surface area contributed by atoms with Crippen molar-refractivity contribution in [2.45, 2.75) is 25.9 Å². The van der Waals surface area contributed by atoms with E-state index in [1.807, 2.05) is 13.0 Å². The summed E-state index contributed by atoms with van der Waals surface area (Å²) in [5, 5.41) is 0.531. The number of aromatic nitrogens is 3. The first-order valence-electron chi connectivity index (χ1n) is 6.52. The molecule has 0 aliphatic carbocycles. The smallest absolute Gasteiger partial charge is 0.317 e. The Bertz CT molecular complexity index is 596. The molecule has 2 N–H and O–H groups in total. The molecule has 2 aromatic heterocycles. The van der Waals surface area contributed by atoms with Gasteiger partial charge >= 0.3 is 6.01 Å². The fraction of sp³-hybridized carbons (Fsp3) is 0.462. The van der Waals surface area contributed by atoms with Gasteiger partial charge in [-0.25, -0.2) is 9.97 Å². The van der Waals surface area contributed by atoms with Gasteiger partial charge in [-0.2, -0.15) is 4.98 Å². The predicted octanol–water partition coefficient (Wildman–Crippen LogP) is 2.05. The summed E-state index contributed by atoms with van der Waals surface area (Å²) in [6.07, 6.45) is 3.60. The molecule has 0 atom stereocenters. The average Bonchev–Trinajstić information content (AvgIpc) is 2.86. The summed E-state index contributed by atoms with van der Waals surface area (Å²) in [6, 6.07) is 2.32. The van der Waals surface area contributed by atoms with Crippen molar-refractivity contribution in [3.05, 3.63) is 18.0 Å². The Kier molecular flexibility index (Phi) is 3.79. The summed E-state index contributed by atoms with van der Waals surface area (Å²) in [4.78, 5) is 13.8. The van der Waals surface area contributed by atoms with Crippen molar-refractivity contribution in [1.82, 2.24) is 15.0 Å². The first-order valence-corrected chi connectivity index (χ1v) is 7.34. The second-order valence-corrected chi connectivity index (χ2v) is 5.73. The van der Waals surface area contributed by atoms with Gasteiger partial charge in [-0.3, -0.25) is 0 Å². The van der Waals surface area contributed by atoms with E-state index in [-0.39, 0.29) is 6.10 Å². The topological polar surface area (TPSA) is 83.2 Å². The summed E-state index contributed by atoms with van der Waals surface area (Å²) in [5.41, 5.74) is 7.32. The molecule has 0 amide bonds. The van der Waals surface area contributed by atoms with Crippen LogP contribution in [0.3, 0.4) is 0 Å². The van der Waals surface area contributed by atoms with Crippen LogP contribution in [-0.4, -0.2) is 34.3 Å². The van der Waals surface area contributed by atoms with Crippen LogP contribution in [0.1, 0.15) is 18.5 Å². The molecule has 3 heterocycles. The molecule has 7 heteroatoms. The van der Waals surface area contributed by atoms with Gasteiger partial charge in [-0.1, -0.05) is 11.3 Å². The fourth-order valence-electron chi connectivity index (χ4n) is 2.07. The number of nitrogens with two attached hydrogens (primary N) is 1. The van der Waals surface area contributed by atoms with E-state index in [1.54, 1.807) is 6.20 Å². The van der Waals surface area contributed by atoms with Gasteiger partial charge in [0.2, 0.25) is 0 Å². The second-order valence-electron chi connectivity index (χ2n) is 4.67. The summed E-state index contributed by atoms with van der Waals surface area (Å²) in [5.74, 6) is 0. The Balaban J connectivity index is 1.82. The number of rotatable bonds is 3. The SMILES string of the molecule is Cc1cc(-c2cnc(N)s2)nc(OC2CCOCC2)n1. The number of hydrogen-bond donors (Lipinski definition) is 1. The van der Waals surface area contributed by atoms with Gasteiger partial charge in [0.05, 0.1) is 23.8 Å². The van der Waals surface area contributed by atoms with Crippen molar-refractivity contribution in [3.63, 3.8) is 0 Å². The van der Waals surface area contributed by atoms with E-state index in [0.717, 1.165) is 42.3 Å². The lowest BCUT2D eigenvalue weighted by atomic mass is 10.2. The van der Waals surface area contributed by atoms with Gasteiger partial charge < -0.3 is 15.2 Å². The molecule has 0 saturated carbocycles. The van der Waals surface area contributed by atoms with Gasteiger partial charge in [0.15, 0.2) is 5.13 Å². The molecule has 20 heavy (non-hydrogen) atoms. The van der Waals surface area contributed by atoms with E-state index in [2.05, 4.69) is 15.0 Å². The van der Waals surface area contributed by atoms with E-state index < -0.39 is 0 Å². The third kappa shape index (κ3) is 3.05. The Morgan fingerprint density at radius 2 is 2.15 bits per heavy atom. The number of ether oxygens (including phenoxy) is 2. The molecule has 1 saturated heterocycles. The highest BCUT2D eigenvalue weighted by Gasteiger charge is 2.17. The molecular weight excluding hydrogens is 276 g/mol. The molecule has 0 unspecified atom stereocenters. The zero-order valence-electron chi connectivity index (χ0n) is 11.2. The van der Waals surface area contributed by atoms with Gasteiger partial charge in [0.1, 0.15) is 6.10 Å². The van der Waals surface area contributed by atoms with Crippen LogP contribution in [0.25, 0.3) is 10.6 Å². The predicted molar refractivity (Wildman–Crippen MR) is 76.8 cm³/mol. The maximum absolute atomic E-state index is 5.86. The van der Waals surface area contributed by atoms with Crippen LogP contribution in [0.15, 0.2) is 12.3 Å². The van der Waals surface area contributed by atoms with Crippen LogP contribution in [0.5, 0.6) is 6.01 Å². The highest BCUT2D eigenvalue weighted by molar-refractivity contribution is 7.18. The van der Waals surface area contributed by atoms with Crippen molar-refractivity contribution in [3.8, 4) is 16.6 Å². The van der Waals surface area contributed by atoms with Crippen molar-refractivity contribution < 1.29 is 9.47 Å². The number of hydrogen-bond acceptors (Lipinski definition) is 7. The molecule has 3 rings (SSSR count). The second kappa shape index (κ2) is 5.72. The average molecular weight is 292 g/mol. The van der Waals surface area contributed by atoms with Gasteiger partial charge in [0, 0.05) is 24.7 Å². The first kappa shape index (κ1) is 13.3. The summed E-state index contributed by atoms with van der Waals surface area (Å²) >= 11 is 1.41. The van der Waals surface area contributed by atoms with Crippen LogP contribution in [0.2, 0.25) is 0 Å². The van der Waals surface area contributed by atoms with E-state index in [4.69, 9.17) is 15.2 Å². The van der Waals surface area contributed by atoms with E-state index >= 15 is 0 Å². The Labute approximate surface area is 121 Å². The number of nitrogens with zero attached hydrogens (tertiary/aromatic N) is 3. The highest BCUT2D eigenvalue weighted by Crippen LogP contribution is 2.27. The maximum Gasteiger partial charge on any atom is 0.317 e. The normalized spacial score (nSPS) is 16.2. The van der Waals surface area contributed by atoms with Crippen molar-refractivity contribution in [1.29, 1.82) is 0 Å². The zero-order valence-corrected chi connectivity index (χ0v) is 12.0. The Morgan fingerprint density at radius 3 is 2.85 bits per heavy atom. The fourth-order valence-corrected chi connectivity index (χ4v) is 2.71. The molecule has 1 aliphatic heterocycles. The molecular formula is C13H16N4O2S. The molecule has 6 nitrogen and oxygen atoms in total. The number of nitrogen functional groups attached to an aromatic ring is 1. The number of anilines is 1. The van der Waals surface area contributed by atoms with E-state index in [0.29, 0.717) is 11.1 Å². The lowest BCUT2D eigenvalue weighted by molar-refractivity contribution is 0.0217. The minimum Gasteiger partial charge on any atom is -0.460 e. The van der Waals surface area contributed by atoms with Crippen LogP contribution in [-0.2, 0) is 4.74 Å². The molecule has 1 fully saturated rings. The quantitative estimate of drug-likeness (QED) is 0.932. The Morgan fingerprint density at radius 1 is 1.35 bits per heavy atom. The van der Waals surface area contributed by atoms with Crippen molar-refractivity contribution in [2.24, 2.45) is 0 Å². The third-order valence-corrected chi connectivity index (χ3v) is 3.90. The number of thiazole rings is 1. The zero-order chi connectivity index (χ0) is 13.9. The van der Waals surface area contributed by atoms with Crippen LogP contribution in [0, 0.1) is 6.92 Å². The molecule has 106 valence electrons. The molecule has 1 aliphatic rings. The van der Waals surface area contributed by atoms with Gasteiger partial charge in [-0.15, -0.1) is 0 Å². The Hall–Kier alpha value is -1.73. The van der Waals surface area contributed by atoms with E-state index in [9.17, 15) is 0 Å². The maximum atomic E-state index is 5.86. The van der Waals surface area contributed by atoms with Crippen molar-refractivity contribution in [2.75, 3.05) is 18.9 Å². The largest absolute Gasteiger partial charge is 0.460 e. The summed E-state index contributed by atoms with van der Waals surface area (Å²) in [6.45, 7) is 3.38. The van der Waals surface area contributed by atoms with Crippen molar-refractivity contribution >= 4 is 16.5 Å². The van der Waals surface area contributed by atoms with Gasteiger partial charge in [-0.05, 0) is 13.0 Å². The third-order valence-electron chi connectivity index (χ3n) is 3.05. The highest BCUT2D eigenvalue weighted by atomic mass is 32.1. The first-order chi connectivity index (χ1) is 9.70. The number of aryl methyl sites for hydroxylation is 1. The van der Waals surface area contributed by atoms with Crippen LogP contribution < -0.4 is 10.5 Å². The summed E-state index contributed by atoms with van der Waals surface area (Å²) < 4.78 is 11.2. The minimum absolute atomic E-state index is 0.130. The molecule has 2 aromatic rings. The van der Waals surface area contributed by atoms with Crippen LogP contribution >= 0.6 is 11.3 Å². The van der Waals surface area contributed by atoms with Crippen LogP contribution in [0.4, 0.5) is 5.13 Å². The molecule has 0 spiro atoms. The van der Waals surface area contributed by atoms with E-state index in [1.165, 1.54) is 11.3 Å². The molecule has 0 radical (unpaired) electrons. The molecule has 0 bridgehead atoms. The lowest BCUT2D eigenvalue weighted by Gasteiger charge is -2.22. The monoisotopic (exact) mass is 292 g/mol. The molecule has 0 aromatic carbocycles. The lowest BCUT2D eigenvalue weighted by Crippen LogP contribution is -2.26. The standard InChI is InChI=1S/C13H16N4O2S/c1-8-6-10(11-7-15-12(14)20-11)17-13(16-8)19-9-2-4-18-5-3-9/h6-7,9H,2-5H2,1H3,(H2,14,15). The van der Waals surface area contributed by atoms with Gasteiger partial charge in [0.25, 0.3) is 0 Å².